The van der Waals surface area contributed by atoms with E-state index in [2.05, 4.69) is 21.2 Å². The van der Waals surface area contributed by atoms with E-state index < -0.39 is 14.6 Å². The fourth-order valence-corrected chi connectivity index (χ4v) is 1.22. The Morgan fingerprint density at radius 3 is 2.27 bits per heavy atom. The van der Waals surface area contributed by atoms with Gasteiger partial charge >= 0.3 is 0 Å². The quantitative estimate of drug-likeness (QED) is 0.773. The zero-order chi connectivity index (χ0) is 12.3. The van der Waals surface area contributed by atoms with Crippen LogP contribution in [0.1, 0.15) is 27.2 Å². The van der Waals surface area contributed by atoms with Crippen molar-refractivity contribution in [3.8, 4) is 0 Å². The van der Waals surface area contributed by atoms with E-state index in [1.165, 1.54) is 6.26 Å². The van der Waals surface area contributed by atoms with Crippen LogP contribution >= 0.6 is 15.9 Å². The minimum atomic E-state index is -3.16. The third-order valence-electron chi connectivity index (χ3n) is 2.34. The number of amides is 1. The Kier molecular flexibility index (Phi) is 5.26. The van der Waals surface area contributed by atoms with Crippen molar-refractivity contribution in [3.63, 3.8) is 0 Å². The van der Waals surface area contributed by atoms with Crippen LogP contribution in [0.3, 0.4) is 0 Å². The lowest BCUT2D eigenvalue weighted by Gasteiger charge is -2.23. The lowest BCUT2D eigenvalue weighted by molar-refractivity contribution is -0.120. The highest BCUT2D eigenvalue weighted by Crippen LogP contribution is 2.14. The molecule has 1 amide bonds. The van der Waals surface area contributed by atoms with E-state index in [0.717, 1.165) is 0 Å². The van der Waals surface area contributed by atoms with E-state index in [0.29, 0.717) is 6.42 Å². The lowest BCUT2D eigenvalue weighted by atomic mass is 10.2. The van der Waals surface area contributed by atoms with E-state index in [9.17, 15) is 13.2 Å². The summed E-state index contributed by atoms with van der Waals surface area (Å²) < 4.78 is 21.8. The van der Waals surface area contributed by atoms with Crippen molar-refractivity contribution in [2.75, 3.05) is 12.8 Å². The van der Waals surface area contributed by atoms with Gasteiger partial charge in [-0.3, -0.25) is 4.79 Å². The van der Waals surface area contributed by atoms with Gasteiger partial charge in [0, 0.05) is 12.8 Å². The Bertz CT molecular complexity index is 324. The molecule has 0 aromatic heterocycles. The predicted octanol–water partition coefficient (Wildman–Crippen LogP) is 1.10. The second-order valence-corrected chi connectivity index (χ2v) is 7.88. The van der Waals surface area contributed by atoms with Crippen LogP contribution in [0.2, 0.25) is 0 Å². The van der Waals surface area contributed by atoms with E-state index in [4.69, 9.17) is 0 Å². The Labute approximate surface area is 99.9 Å². The van der Waals surface area contributed by atoms with Crippen LogP contribution in [0, 0.1) is 0 Å². The lowest BCUT2D eigenvalue weighted by Crippen LogP contribution is -2.45. The van der Waals surface area contributed by atoms with E-state index in [1.54, 1.807) is 13.8 Å². The summed E-state index contributed by atoms with van der Waals surface area (Å²) in [5.41, 5.74) is 0. The maximum absolute atomic E-state index is 11.4. The number of halogens is 1. The second-order valence-electron chi connectivity index (χ2n) is 4.13. The van der Waals surface area contributed by atoms with Crippen LogP contribution in [0.5, 0.6) is 0 Å². The average molecular weight is 300 g/mol. The molecule has 0 rings (SSSR count). The maximum atomic E-state index is 11.4. The summed E-state index contributed by atoms with van der Waals surface area (Å²) >= 11 is 3.20. The second kappa shape index (κ2) is 5.30. The number of hydrogen-bond acceptors (Lipinski definition) is 3. The molecule has 0 aliphatic heterocycles. The van der Waals surface area contributed by atoms with Gasteiger partial charge in [-0.05, 0) is 20.3 Å². The molecule has 1 unspecified atom stereocenters. The molecule has 0 spiro atoms. The van der Waals surface area contributed by atoms with Gasteiger partial charge in [0.05, 0.1) is 9.57 Å². The first-order valence-electron chi connectivity index (χ1n) is 4.73. The SMILES string of the molecule is CCC(Br)C(=O)NCC(C)(C)S(C)(=O)=O. The van der Waals surface area contributed by atoms with Crippen molar-refractivity contribution in [2.24, 2.45) is 0 Å². The fraction of sp³-hybridized carbons (Fsp3) is 0.889. The molecule has 0 aliphatic rings. The molecule has 0 aromatic rings. The zero-order valence-electron chi connectivity index (χ0n) is 9.50. The molecule has 1 atom stereocenters. The average Bonchev–Trinajstić information content (AvgIpc) is 2.11. The van der Waals surface area contributed by atoms with Gasteiger partial charge in [0.25, 0.3) is 0 Å². The van der Waals surface area contributed by atoms with Gasteiger partial charge in [-0.1, -0.05) is 22.9 Å². The molecular weight excluding hydrogens is 282 g/mol. The molecule has 0 bridgehead atoms. The number of nitrogens with one attached hydrogen (secondary N) is 1. The smallest absolute Gasteiger partial charge is 0.233 e. The topological polar surface area (TPSA) is 63.2 Å². The third-order valence-corrected chi connectivity index (χ3v) is 5.55. The number of carbonyl (C=O) groups is 1. The highest BCUT2D eigenvalue weighted by molar-refractivity contribution is 9.10. The molecule has 6 heteroatoms. The Balaban J connectivity index is 4.35. The number of carbonyl (C=O) groups excluding carboxylic acids is 1. The molecular formula is C9H18BrNO3S. The molecule has 15 heavy (non-hydrogen) atoms. The van der Waals surface area contributed by atoms with E-state index >= 15 is 0 Å². The summed E-state index contributed by atoms with van der Waals surface area (Å²) in [4.78, 5) is 11.1. The summed E-state index contributed by atoms with van der Waals surface area (Å²) in [7, 11) is -3.16. The number of hydrogen-bond donors (Lipinski definition) is 1. The van der Waals surface area contributed by atoms with Gasteiger partial charge in [0.2, 0.25) is 5.91 Å². The van der Waals surface area contributed by atoms with Gasteiger partial charge < -0.3 is 5.32 Å². The van der Waals surface area contributed by atoms with Crippen LogP contribution in [0.15, 0.2) is 0 Å². The predicted molar refractivity (Wildman–Crippen MR) is 64.9 cm³/mol. The van der Waals surface area contributed by atoms with Crippen molar-refractivity contribution >= 4 is 31.7 Å². The van der Waals surface area contributed by atoms with Crippen LogP contribution < -0.4 is 5.32 Å². The fourth-order valence-electron chi connectivity index (χ4n) is 0.727. The highest BCUT2D eigenvalue weighted by atomic mass is 79.9. The Hall–Kier alpha value is -0.100. The van der Waals surface area contributed by atoms with Gasteiger partial charge in [0.15, 0.2) is 9.84 Å². The number of alkyl halides is 1. The summed E-state index contributed by atoms with van der Waals surface area (Å²) in [5, 5.41) is 2.62. The Morgan fingerprint density at radius 2 is 1.93 bits per heavy atom. The summed E-state index contributed by atoms with van der Waals surface area (Å²) in [6.45, 7) is 5.20. The zero-order valence-corrected chi connectivity index (χ0v) is 11.9. The van der Waals surface area contributed by atoms with Crippen LogP contribution in [0.25, 0.3) is 0 Å². The normalized spacial score (nSPS) is 14.7. The molecule has 0 fully saturated rings. The standard InChI is InChI=1S/C9H18BrNO3S/c1-5-7(10)8(12)11-6-9(2,3)15(4,13)14/h7H,5-6H2,1-4H3,(H,11,12). The minimum Gasteiger partial charge on any atom is -0.354 e. The molecule has 90 valence electrons. The molecule has 0 radical (unpaired) electrons. The van der Waals surface area contributed by atoms with Gasteiger partial charge in [-0.25, -0.2) is 8.42 Å². The summed E-state index contributed by atoms with van der Waals surface area (Å²) in [5.74, 6) is -0.172. The van der Waals surface area contributed by atoms with Crippen molar-refractivity contribution in [1.29, 1.82) is 0 Å². The van der Waals surface area contributed by atoms with E-state index in [-0.39, 0.29) is 17.3 Å². The highest BCUT2D eigenvalue weighted by Gasteiger charge is 2.30. The Morgan fingerprint density at radius 1 is 1.47 bits per heavy atom. The summed E-state index contributed by atoms with van der Waals surface area (Å²) in [6.07, 6.45) is 1.84. The van der Waals surface area contributed by atoms with Crippen LogP contribution in [-0.2, 0) is 14.6 Å². The molecule has 0 aromatic carbocycles. The molecule has 0 heterocycles. The molecule has 0 aliphatic carbocycles. The van der Waals surface area contributed by atoms with Crippen LogP contribution in [-0.4, -0.2) is 36.7 Å². The van der Waals surface area contributed by atoms with Crippen molar-refractivity contribution < 1.29 is 13.2 Å². The van der Waals surface area contributed by atoms with Gasteiger partial charge in [0.1, 0.15) is 0 Å². The number of rotatable bonds is 5. The maximum Gasteiger partial charge on any atom is 0.233 e. The van der Waals surface area contributed by atoms with Crippen molar-refractivity contribution in [1.82, 2.24) is 5.32 Å². The van der Waals surface area contributed by atoms with Gasteiger partial charge in [-0.15, -0.1) is 0 Å². The number of sulfone groups is 1. The molecule has 0 saturated carbocycles. The largest absolute Gasteiger partial charge is 0.354 e. The third kappa shape index (κ3) is 4.51. The summed E-state index contributed by atoms with van der Waals surface area (Å²) in [6, 6.07) is 0. The monoisotopic (exact) mass is 299 g/mol. The first kappa shape index (κ1) is 14.9. The van der Waals surface area contributed by atoms with Gasteiger partial charge in [-0.2, -0.15) is 0 Å². The van der Waals surface area contributed by atoms with Crippen LogP contribution in [0.4, 0.5) is 0 Å². The molecule has 0 saturated heterocycles. The molecule has 4 nitrogen and oxygen atoms in total. The van der Waals surface area contributed by atoms with Crippen molar-refractivity contribution in [2.45, 2.75) is 36.8 Å². The first-order chi connectivity index (χ1) is 6.62. The minimum absolute atomic E-state index is 0.132. The van der Waals surface area contributed by atoms with E-state index in [1.807, 2.05) is 6.92 Å². The van der Waals surface area contributed by atoms with Crippen molar-refractivity contribution in [3.05, 3.63) is 0 Å². The molecule has 1 N–H and O–H groups in total. The first-order valence-corrected chi connectivity index (χ1v) is 7.54.